The Bertz CT molecular complexity index is 583. The molecule has 1 fully saturated rings. The molecule has 3 rings (SSSR count). The summed E-state index contributed by atoms with van der Waals surface area (Å²) >= 11 is 1.62. The van der Waals surface area contributed by atoms with Gasteiger partial charge < -0.3 is 15.2 Å². The number of amides is 1. The Balaban J connectivity index is 1.79. The van der Waals surface area contributed by atoms with Crippen molar-refractivity contribution in [3.8, 4) is 11.3 Å². The Morgan fingerprint density at radius 1 is 1.42 bits per heavy atom. The van der Waals surface area contributed by atoms with Crippen LogP contribution in [0.2, 0.25) is 0 Å². The maximum absolute atomic E-state index is 12.3. The van der Waals surface area contributed by atoms with Crippen LogP contribution in [0.4, 0.5) is 0 Å². The highest BCUT2D eigenvalue weighted by molar-refractivity contribution is 7.09. The summed E-state index contributed by atoms with van der Waals surface area (Å²) in [4.78, 5) is 21.7. The van der Waals surface area contributed by atoms with E-state index in [1.807, 2.05) is 29.5 Å². The fraction of sp³-hybridized carbons (Fsp3) is 0.385. The van der Waals surface area contributed by atoms with Crippen molar-refractivity contribution in [1.82, 2.24) is 20.2 Å². The number of hydrogen-bond acceptors (Lipinski definition) is 4. The first-order valence-corrected chi connectivity index (χ1v) is 7.23. The first-order chi connectivity index (χ1) is 9.24. The summed E-state index contributed by atoms with van der Waals surface area (Å²) in [5.41, 5.74) is 2.54. The third-order valence-corrected chi connectivity index (χ3v) is 4.01. The molecule has 1 aliphatic heterocycles. The highest BCUT2D eigenvalue weighted by Gasteiger charge is 2.19. The van der Waals surface area contributed by atoms with Gasteiger partial charge in [0.25, 0.3) is 5.91 Å². The summed E-state index contributed by atoms with van der Waals surface area (Å²) in [5.74, 6) is 0.0692. The van der Waals surface area contributed by atoms with Crippen molar-refractivity contribution in [1.29, 1.82) is 0 Å². The van der Waals surface area contributed by atoms with E-state index in [9.17, 15) is 4.79 Å². The average molecular weight is 276 g/mol. The summed E-state index contributed by atoms with van der Waals surface area (Å²) in [6.07, 6.45) is 1.85. The number of piperazine rings is 1. The van der Waals surface area contributed by atoms with E-state index < -0.39 is 0 Å². The predicted molar refractivity (Wildman–Crippen MR) is 75.4 cm³/mol. The molecule has 0 aliphatic carbocycles. The van der Waals surface area contributed by atoms with Crippen LogP contribution in [0.15, 0.2) is 17.6 Å². The highest BCUT2D eigenvalue weighted by atomic mass is 32.1. The quantitative estimate of drug-likeness (QED) is 0.873. The Morgan fingerprint density at radius 2 is 2.21 bits per heavy atom. The molecule has 0 saturated carbocycles. The first-order valence-electron chi connectivity index (χ1n) is 6.35. The molecule has 2 N–H and O–H groups in total. The van der Waals surface area contributed by atoms with Crippen molar-refractivity contribution >= 4 is 17.2 Å². The number of hydrogen-bond donors (Lipinski definition) is 2. The van der Waals surface area contributed by atoms with Gasteiger partial charge in [0.15, 0.2) is 0 Å². The predicted octanol–water partition coefficient (Wildman–Crippen LogP) is 1.49. The number of rotatable bonds is 2. The zero-order valence-electron chi connectivity index (χ0n) is 10.8. The van der Waals surface area contributed by atoms with Gasteiger partial charge in [-0.2, -0.15) is 0 Å². The summed E-state index contributed by atoms with van der Waals surface area (Å²) in [7, 11) is 0. The second kappa shape index (κ2) is 5.14. The lowest BCUT2D eigenvalue weighted by Gasteiger charge is -2.26. The van der Waals surface area contributed by atoms with Crippen LogP contribution in [0.25, 0.3) is 11.3 Å². The van der Waals surface area contributed by atoms with Gasteiger partial charge >= 0.3 is 0 Å². The topological polar surface area (TPSA) is 61.0 Å². The maximum atomic E-state index is 12.3. The normalized spacial score (nSPS) is 15.7. The van der Waals surface area contributed by atoms with Crippen LogP contribution < -0.4 is 5.32 Å². The molecule has 6 heteroatoms. The zero-order valence-corrected chi connectivity index (χ0v) is 11.6. The molecule has 0 spiro atoms. The molecule has 0 radical (unpaired) electrons. The second-order valence-corrected chi connectivity index (χ2v) is 5.66. The minimum atomic E-state index is 0.0692. The zero-order chi connectivity index (χ0) is 13.2. The molecule has 19 heavy (non-hydrogen) atoms. The van der Waals surface area contributed by atoms with E-state index in [-0.39, 0.29) is 5.91 Å². The third-order valence-electron chi connectivity index (χ3n) is 3.23. The first kappa shape index (κ1) is 12.4. The number of carbonyl (C=O) groups is 1. The Morgan fingerprint density at radius 3 is 2.89 bits per heavy atom. The summed E-state index contributed by atoms with van der Waals surface area (Å²) < 4.78 is 0. The van der Waals surface area contributed by atoms with Gasteiger partial charge in [-0.05, 0) is 13.0 Å². The molecule has 0 aromatic carbocycles. The minimum Gasteiger partial charge on any atom is -0.357 e. The fourth-order valence-electron chi connectivity index (χ4n) is 2.20. The Labute approximate surface area is 115 Å². The molecule has 3 heterocycles. The molecule has 0 bridgehead atoms. The van der Waals surface area contributed by atoms with Crippen molar-refractivity contribution in [2.45, 2.75) is 6.92 Å². The minimum absolute atomic E-state index is 0.0692. The molecule has 0 unspecified atom stereocenters. The molecule has 100 valence electrons. The molecule has 2 aromatic rings. The molecule has 0 atom stereocenters. The van der Waals surface area contributed by atoms with Crippen LogP contribution in [0.5, 0.6) is 0 Å². The summed E-state index contributed by atoms with van der Waals surface area (Å²) in [5, 5.41) is 6.29. The lowest BCUT2D eigenvalue weighted by atomic mass is 10.2. The standard InChI is InChI=1S/C13H16N4OS/c1-9-16-12(8-19-9)10-6-11(15-7-10)13(18)17-4-2-14-3-5-17/h6-8,14-15H,2-5H2,1H3. The van der Waals surface area contributed by atoms with Gasteiger partial charge in [-0.25, -0.2) is 4.98 Å². The van der Waals surface area contributed by atoms with Crippen molar-refractivity contribution in [2.24, 2.45) is 0 Å². The molecule has 5 nitrogen and oxygen atoms in total. The lowest BCUT2D eigenvalue weighted by molar-refractivity contribution is 0.0730. The van der Waals surface area contributed by atoms with Gasteiger partial charge in [-0.15, -0.1) is 11.3 Å². The van der Waals surface area contributed by atoms with Crippen LogP contribution in [0.1, 0.15) is 15.5 Å². The van der Waals surface area contributed by atoms with Crippen LogP contribution in [-0.4, -0.2) is 47.0 Å². The lowest BCUT2D eigenvalue weighted by Crippen LogP contribution is -2.46. The van der Waals surface area contributed by atoms with Crippen molar-refractivity contribution in [2.75, 3.05) is 26.2 Å². The Hall–Kier alpha value is -1.66. The van der Waals surface area contributed by atoms with E-state index >= 15 is 0 Å². The van der Waals surface area contributed by atoms with Crippen molar-refractivity contribution in [3.63, 3.8) is 0 Å². The maximum Gasteiger partial charge on any atom is 0.270 e. The van der Waals surface area contributed by atoms with E-state index in [0.29, 0.717) is 5.69 Å². The second-order valence-electron chi connectivity index (χ2n) is 4.60. The number of aryl methyl sites for hydroxylation is 1. The van der Waals surface area contributed by atoms with Crippen LogP contribution in [0.3, 0.4) is 0 Å². The smallest absolute Gasteiger partial charge is 0.270 e. The van der Waals surface area contributed by atoms with Gasteiger partial charge in [0.05, 0.1) is 10.7 Å². The molecule has 1 saturated heterocycles. The van der Waals surface area contributed by atoms with Gasteiger partial charge in [-0.1, -0.05) is 0 Å². The Kier molecular flexibility index (Phi) is 3.35. The third kappa shape index (κ3) is 2.54. The number of aromatic nitrogens is 2. The molecular formula is C13H16N4OS. The number of carbonyl (C=O) groups excluding carboxylic acids is 1. The fourth-order valence-corrected chi connectivity index (χ4v) is 2.82. The monoisotopic (exact) mass is 276 g/mol. The van der Waals surface area contributed by atoms with Crippen LogP contribution in [0, 0.1) is 6.92 Å². The van der Waals surface area contributed by atoms with E-state index in [4.69, 9.17) is 0 Å². The van der Waals surface area contributed by atoms with Crippen LogP contribution >= 0.6 is 11.3 Å². The SMILES string of the molecule is Cc1nc(-c2c[nH]c(C(=O)N3CCNCC3)c2)cs1. The largest absolute Gasteiger partial charge is 0.357 e. The van der Waals surface area contributed by atoms with E-state index in [0.717, 1.165) is 42.4 Å². The van der Waals surface area contributed by atoms with Gasteiger partial charge in [0, 0.05) is 43.3 Å². The summed E-state index contributed by atoms with van der Waals surface area (Å²) in [6.45, 7) is 5.24. The van der Waals surface area contributed by atoms with Crippen molar-refractivity contribution in [3.05, 3.63) is 28.3 Å². The number of thiazole rings is 1. The van der Waals surface area contributed by atoms with Crippen LogP contribution in [-0.2, 0) is 0 Å². The molecular weight excluding hydrogens is 260 g/mol. The van der Waals surface area contributed by atoms with Crippen molar-refractivity contribution < 1.29 is 4.79 Å². The molecule has 1 amide bonds. The number of nitrogens with one attached hydrogen (secondary N) is 2. The number of aromatic amines is 1. The van der Waals surface area contributed by atoms with Gasteiger partial charge in [0.2, 0.25) is 0 Å². The van der Waals surface area contributed by atoms with E-state index in [1.54, 1.807) is 11.3 Å². The molecule has 1 aliphatic rings. The van der Waals surface area contributed by atoms with Gasteiger partial charge in [-0.3, -0.25) is 4.79 Å². The number of nitrogens with zero attached hydrogens (tertiary/aromatic N) is 2. The summed E-state index contributed by atoms with van der Waals surface area (Å²) in [6, 6.07) is 1.89. The number of H-pyrrole nitrogens is 1. The average Bonchev–Trinajstić information content (AvgIpc) is 3.07. The highest BCUT2D eigenvalue weighted by Crippen LogP contribution is 2.22. The van der Waals surface area contributed by atoms with E-state index in [1.165, 1.54) is 0 Å². The van der Waals surface area contributed by atoms with Gasteiger partial charge in [0.1, 0.15) is 5.69 Å². The van der Waals surface area contributed by atoms with E-state index in [2.05, 4.69) is 15.3 Å². The molecule has 2 aromatic heterocycles.